The Labute approximate surface area is 187 Å². The minimum atomic E-state index is -4.50. The van der Waals surface area contributed by atoms with Crippen LogP contribution in [0.25, 0.3) is 16.7 Å². The summed E-state index contributed by atoms with van der Waals surface area (Å²) in [5.41, 5.74) is 6.05. The van der Waals surface area contributed by atoms with Gasteiger partial charge in [0.05, 0.1) is 31.3 Å². The molecule has 0 fully saturated rings. The number of rotatable bonds is 6. The number of nitrogens with one attached hydrogen (secondary N) is 1. The highest BCUT2D eigenvalue weighted by Crippen LogP contribution is 2.37. The number of nitrogens with zero attached hydrogens (tertiary/aromatic N) is 4. The summed E-state index contributed by atoms with van der Waals surface area (Å²) in [4.78, 5) is 4.59. The first-order valence-electron chi connectivity index (χ1n) is 10.2. The summed E-state index contributed by atoms with van der Waals surface area (Å²) in [5.74, 6) is 2.47. The van der Waals surface area contributed by atoms with Crippen molar-refractivity contribution < 1.29 is 22.6 Å². The maximum atomic E-state index is 13.3. The van der Waals surface area contributed by atoms with Gasteiger partial charge in [0, 0.05) is 23.6 Å². The van der Waals surface area contributed by atoms with Crippen LogP contribution in [0.3, 0.4) is 0 Å². The summed E-state index contributed by atoms with van der Waals surface area (Å²) < 4.78 is 52.6. The number of aryl methyl sites for hydroxylation is 1. The van der Waals surface area contributed by atoms with Crippen molar-refractivity contribution in [3.8, 4) is 11.5 Å². The fraction of sp³-hybridized carbons (Fsp3) is 0.318. The average Bonchev–Trinajstić information content (AvgIpc) is 3.20. The third-order valence-electron chi connectivity index (χ3n) is 5.40. The van der Waals surface area contributed by atoms with Crippen molar-refractivity contribution >= 4 is 28.2 Å². The first-order valence-corrected chi connectivity index (χ1v) is 10.2. The highest BCUT2D eigenvalue weighted by Gasteiger charge is 2.31. The third kappa shape index (κ3) is 4.06. The summed E-state index contributed by atoms with van der Waals surface area (Å²) in [6, 6.07) is 6.50. The van der Waals surface area contributed by atoms with Crippen LogP contribution < -0.4 is 20.5 Å². The van der Waals surface area contributed by atoms with Crippen molar-refractivity contribution in [2.45, 2.75) is 32.5 Å². The van der Waals surface area contributed by atoms with Gasteiger partial charge >= 0.3 is 6.18 Å². The Kier molecular flexibility index (Phi) is 5.64. The normalized spacial score (nSPS) is 12.8. The highest BCUT2D eigenvalue weighted by molar-refractivity contribution is 5.94. The van der Waals surface area contributed by atoms with Gasteiger partial charge in [-0.15, -0.1) is 10.2 Å². The van der Waals surface area contributed by atoms with E-state index in [-0.39, 0.29) is 5.69 Å². The second-order valence-electron chi connectivity index (χ2n) is 7.54. The van der Waals surface area contributed by atoms with Crippen molar-refractivity contribution in [1.29, 1.82) is 0 Å². The van der Waals surface area contributed by atoms with Crippen LogP contribution in [0.15, 0.2) is 30.3 Å². The maximum absolute atomic E-state index is 13.3. The molecule has 4 rings (SSSR count). The molecule has 0 bridgehead atoms. The van der Waals surface area contributed by atoms with E-state index in [0.717, 1.165) is 17.6 Å². The zero-order valence-corrected chi connectivity index (χ0v) is 18.5. The van der Waals surface area contributed by atoms with Gasteiger partial charge in [-0.3, -0.25) is 4.40 Å². The zero-order valence-electron chi connectivity index (χ0n) is 18.5. The van der Waals surface area contributed by atoms with Crippen LogP contribution in [-0.2, 0) is 12.6 Å². The second kappa shape index (κ2) is 8.30. The molecule has 1 atom stereocenters. The molecule has 4 aromatic rings. The van der Waals surface area contributed by atoms with Gasteiger partial charge in [0.2, 0.25) is 0 Å². The van der Waals surface area contributed by atoms with Gasteiger partial charge in [0.15, 0.2) is 11.5 Å². The number of hydrogen-bond acceptors (Lipinski definition) is 7. The Morgan fingerprint density at radius 1 is 1.06 bits per heavy atom. The number of benzene rings is 2. The highest BCUT2D eigenvalue weighted by atomic mass is 19.4. The number of fused-ring (bicyclic) bond motifs is 3. The number of methoxy groups -OCH3 is 2. The van der Waals surface area contributed by atoms with E-state index in [1.54, 1.807) is 19.1 Å². The molecule has 2 aromatic heterocycles. The minimum Gasteiger partial charge on any atom is -0.493 e. The molecule has 0 unspecified atom stereocenters. The molecule has 0 aliphatic heterocycles. The first kappa shape index (κ1) is 22.4. The molecule has 3 N–H and O–H groups in total. The Bertz CT molecular complexity index is 1340. The Morgan fingerprint density at radius 2 is 1.76 bits per heavy atom. The van der Waals surface area contributed by atoms with E-state index in [1.807, 2.05) is 11.3 Å². The Balaban J connectivity index is 1.88. The largest absolute Gasteiger partial charge is 0.493 e. The van der Waals surface area contributed by atoms with Crippen LogP contribution >= 0.6 is 0 Å². The molecule has 0 amide bonds. The molecular formula is C22H23F3N6O2. The standard InChI is InChI=1S/C22H23F3N6O2/c1-5-19-29-30-21-28-20(15-9-17(32-3)18(33-4)10-16(15)31(19)21)27-11(2)12-6-13(22(23,24)25)8-14(26)7-12/h6-11H,5,26H2,1-4H3,(H,27,28,30)/t11-/m1/s1. The maximum Gasteiger partial charge on any atom is 0.416 e. The van der Waals surface area contributed by atoms with Crippen molar-refractivity contribution in [1.82, 2.24) is 19.6 Å². The number of nitrogen functional groups attached to an aromatic ring is 1. The van der Waals surface area contributed by atoms with Gasteiger partial charge in [-0.05, 0) is 36.8 Å². The van der Waals surface area contributed by atoms with E-state index in [4.69, 9.17) is 15.2 Å². The van der Waals surface area contributed by atoms with E-state index in [2.05, 4.69) is 20.5 Å². The molecule has 174 valence electrons. The molecule has 0 aliphatic rings. The van der Waals surface area contributed by atoms with Gasteiger partial charge in [-0.1, -0.05) is 6.92 Å². The molecule has 2 aromatic carbocycles. The van der Waals surface area contributed by atoms with Crippen LogP contribution in [-0.4, -0.2) is 33.8 Å². The van der Waals surface area contributed by atoms with E-state index in [1.165, 1.54) is 20.3 Å². The number of aromatic nitrogens is 4. The molecule has 8 nitrogen and oxygen atoms in total. The molecule has 2 heterocycles. The Morgan fingerprint density at radius 3 is 2.39 bits per heavy atom. The molecule has 0 saturated heterocycles. The SMILES string of the molecule is CCc1nnc2nc(N[C@H](C)c3cc(N)cc(C(F)(F)F)c3)c3cc(OC)c(OC)cc3n12. The number of ether oxygens (including phenoxy) is 2. The van der Waals surface area contributed by atoms with Crippen molar-refractivity contribution in [3.05, 3.63) is 47.3 Å². The molecule has 33 heavy (non-hydrogen) atoms. The molecular weight excluding hydrogens is 437 g/mol. The quantitative estimate of drug-likeness (QED) is 0.405. The van der Waals surface area contributed by atoms with Gasteiger partial charge in [-0.2, -0.15) is 18.2 Å². The molecule has 11 heteroatoms. The summed E-state index contributed by atoms with van der Waals surface area (Å²) in [5, 5.41) is 12.2. The van der Waals surface area contributed by atoms with E-state index in [0.29, 0.717) is 46.3 Å². The number of halogens is 3. The van der Waals surface area contributed by atoms with E-state index >= 15 is 0 Å². The number of hydrogen-bond donors (Lipinski definition) is 2. The van der Waals surface area contributed by atoms with Crippen LogP contribution in [0.4, 0.5) is 24.7 Å². The predicted octanol–water partition coefficient (Wildman–Crippen LogP) is 4.63. The fourth-order valence-corrected chi connectivity index (χ4v) is 3.75. The van der Waals surface area contributed by atoms with Gasteiger partial charge in [0.1, 0.15) is 11.6 Å². The average molecular weight is 460 g/mol. The predicted molar refractivity (Wildman–Crippen MR) is 119 cm³/mol. The van der Waals surface area contributed by atoms with Crippen molar-refractivity contribution in [2.24, 2.45) is 0 Å². The van der Waals surface area contributed by atoms with Crippen LogP contribution in [0.2, 0.25) is 0 Å². The van der Waals surface area contributed by atoms with Gasteiger partial charge < -0.3 is 20.5 Å². The smallest absolute Gasteiger partial charge is 0.416 e. The van der Waals surface area contributed by atoms with Crippen LogP contribution in [0.1, 0.15) is 36.8 Å². The minimum absolute atomic E-state index is 0.0261. The lowest BCUT2D eigenvalue weighted by Gasteiger charge is -2.20. The third-order valence-corrected chi connectivity index (χ3v) is 5.40. The zero-order chi connectivity index (χ0) is 23.9. The Hall–Kier alpha value is -3.76. The monoisotopic (exact) mass is 460 g/mol. The summed E-state index contributed by atoms with van der Waals surface area (Å²) >= 11 is 0. The molecule has 0 spiro atoms. The number of nitrogens with two attached hydrogens (primary N) is 1. The van der Waals surface area contributed by atoms with Crippen LogP contribution in [0.5, 0.6) is 11.5 Å². The summed E-state index contributed by atoms with van der Waals surface area (Å²) in [6.45, 7) is 3.68. The van der Waals surface area contributed by atoms with Gasteiger partial charge in [-0.25, -0.2) is 0 Å². The van der Waals surface area contributed by atoms with E-state index in [9.17, 15) is 13.2 Å². The lowest BCUT2D eigenvalue weighted by molar-refractivity contribution is -0.137. The summed E-state index contributed by atoms with van der Waals surface area (Å²) in [7, 11) is 3.06. The summed E-state index contributed by atoms with van der Waals surface area (Å²) in [6.07, 6.45) is -3.88. The number of anilines is 2. The lowest BCUT2D eigenvalue weighted by atomic mass is 10.0. The van der Waals surface area contributed by atoms with E-state index < -0.39 is 17.8 Å². The van der Waals surface area contributed by atoms with Crippen LogP contribution in [0, 0.1) is 0 Å². The van der Waals surface area contributed by atoms with Crippen molar-refractivity contribution in [2.75, 3.05) is 25.3 Å². The fourth-order valence-electron chi connectivity index (χ4n) is 3.75. The second-order valence-corrected chi connectivity index (χ2v) is 7.54. The number of alkyl halides is 3. The lowest BCUT2D eigenvalue weighted by Crippen LogP contribution is -2.13. The first-order chi connectivity index (χ1) is 15.7. The molecule has 0 radical (unpaired) electrons. The molecule has 0 saturated carbocycles. The van der Waals surface area contributed by atoms with Crippen molar-refractivity contribution in [3.63, 3.8) is 0 Å². The molecule has 0 aliphatic carbocycles. The topological polar surface area (TPSA) is 99.6 Å². The van der Waals surface area contributed by atoms with Gasteiger partial charge in [0.25, 0.3) is 5.78 Å².